The largest absolute Gasteiger partial charge is 0.368 e. The van der Waals surface area contributed by atoms with E-state index in [0.29, 0.717) is 5.69 Å². The van der Waals surface area contributed by atoms with Crippen LogP contribution < -0.4 is 22.1 Å². The van der Waals surface area contributed by atoms with Crippen molar-refractivity contribution in [3.8, 4) is 0 Å². The standard InChI is InChI=1S/C17H22N6O4S/c1-9(2)13(15(18)24)22-12-8-20-14(16(19)25)17(23-12)21-10-4-6-11(7-5-10)28(3,26)27/h4-9,13H,1-3H3,(H2,18,24)(H2,19,25)(H2,21,22,23)/t13-/m1/s1. The highest BCUT2D eigenvalue weighted by molar-refractivity contribution is 7.90. The SMILES string of the molecule is CC(C)[C@@H](Nc1cnc(C(N)=O)c(Nc2ccc(S(C)(=O)=O)cc2)n1)C(N)=O. The molecule has 2 aromatic rings. The summed E-state index contributed by atoms with van der Waals surface area (Å²) >= 11 is 0. The van der Waals surface area contributed by atoms with Crippen LogP contribution in [0.1, 0.15) is 24.3 Å². The predicted octanol–water partition coefficient (Wildman–Crippen LogP) is 0.644. The summed E-state index contributed by atoms with van der Waals surface area (Å²) in [4.78, 5) is 31.6. The van der Waals surface area contributed by atoms with E-state index in [9.17, 15) is 18.0 Å². The molecule has 0 aliphatic carbocycles. The van der Waals surface area contributed by atoms with Crippen LogP contribution in [0.15, 0.2) is 35.4 Å². The Morgan fingerprint density at radius 3 is 2.18 bits per heavy atom. The molecule has 0 aliphatic rings. The van der Waals surface area contributed by atoms with Crippen LogP contribution in [-0.2, 0) is 14.6 Å². The van der Waals surface area contributed by atoms with Crippen molar-refractivity contribution in [3.63, 3.8) is 0 Å². The van der Waals surface area contributed by atoms with Gasteiger partial charge in [0.25, 0.3) is 5.91 Å². The first-order valence-corrected chi connectivity index (χ1v) is 10.2. The molecule has 0 saturated carbocycles. The molecule has 1 aromatic carbocycles. The minimum absolute atomic E-state index is 0.0524. The number of rotatable bonds is 8. The monoisotopic (exact) mass is 406 g/mol. The maximum Gasteiger partial charge on any atom is 0.271 e. The van der Waals surface area contributed by atoms with E-state index in [1.165, 1.54) is 30.5 Å². The Bertz CT molecular complexity index is 989. The van der Waals surface area contributed by atoms with Crippen LogP contribution in [-0.4, -0.2) is 42.5 Å². The molecule has 1 atom stereocenters. The van der Waals surface area contributed by atoms with Crippen molar-refractivity contribution in [2.45, 2.75) is 24.8 Å². The lowest BCUT2D eigenvalue weighted by Gasteiger charge is -2.20. The van der Waals surface area contributed by atoms with E-state index in [0.717, 1.165) is 6.26 Å². The van der Waals surface area contributed by atoms with E-state index in [4.69, 9.17) is 11.5 Å². The normalized spacial score (nSPS) is 12.4. The number of primary amides is 2. The number of nitrogens with one attached hydrogen (secondary N) is 2. The number of benzene rings is 1. The van der Waals surface area contributed by atoms with Gasteiger partial charge in [-0.05, 0) is 30.2 Å². The van der Waals surface area contributed by atoms with Gasteiger partial charge in [-0.1, -0.05) is 13.8 Å². The third kappa shape index (κ3) is 5.16. The van der Waals surface area contributed by atoms with Gasteiger partial charge in [-0.15, -0.1) is 0 Å². The van der Waals surface area contributed by atoms with Gasteiger partial charge in [0.2, 0.25) is 5.91 Å². The molecule has 0 aliphatic heterocycles. The Balaban J connectivity index is 2.36. The topological polar surface area (TPSA) is 170 Å². The van der Waals surface area contributed by atoms with Crippen LogP contribution >= 0.6 is 0 Å². The average molecular weight is 406 g/mol. The second-order valence-corrected chi connectivity index (χ2v) is 8.52. The van der Waals surface area contributed by atoms with E-state index in [1.54, 1.807) is 0 Å². The molecule has 0 unspecified atom stereocenters. The van der Waals surface area contributed by atoms with E-state index >= 15 is 0 Å². The highest BCUT2D eigenvalue weighted by Gasteiger charge is 2.21. The van der Waals surface area contributed by atoms with Crippen molar-refractivity contribution in [3.05, 3.63) is 36.2 Å². The quantitative estimate of drug-likeness (QED) is 0.495. The zero-order valence-corrected chi connectivity index (χ0v) is 16.4. The third-order valence-electron chi connectivity index (χ3n) is 3.83. The van der Waals surface area contributed by atoms with Gasteiger partial charge in [-0.25, -0.2) is 18.4 Å². The summed E-state index contributed by atoms with van der Waals surface area (Å²) in [6.45, 7) is 3.63. The molecule has 28 heavy (non-hydrogen) atoms. The van der Waals surface area contributed by atoms with Crippen molar-refractivity contribution < 1.29 is 18.0 Å². The Morgan fingerprint density at radius 2 is 1.71 bits per heavy atom. The molecule has 0 saturated heterocycles. The maximum absolute atomic E-state index is 11.7. The number of carbonyl (C=O) groups is 2. The molecular formula is C17H22N6O4S. The van der Waals surface area contributed by atoms with Crippen molar-refractivity contribution in [2.75, 3.05) is 16.9 Å². The summed E-state index contributed by atoms with van der Waals surface area (Å²) in [6.07, 6.45) is 2.38. The zero-order chi connectivity index (χ0) is 21.1. The van der Waals surface area contributed by atoms with E-state index in [1.807, 2.05) is 13.8 Å². The number of carbonyl (C=O) groups excluding carboxylic acids is 2. The minimum Gasteiger partial charge on any atom is -0.368 e. The highest BCUT2D eigenvalue weighted by Crippen LogP contribution is 2.21. The van der Waals surface area contributed by atoms with Crippen LogP contribution in [0.4, 0.5) is 17.3 Å². The molecule has 150 valence electrons. The summed E-state index contributed by atoms with van der Waals surface area (Å²) in [5.74, 6) is -1.18. The summed E-state index contributed by atoms with van der Waals surface area (Å²) < 4.78 is 23.1. The number of amides is 2. The number of nitrogens with two attached hydrogens (primary N) is 2. The maximum atomic E-state index is 11.7. The second kappa shape index (κ2) is 8.21. The Hall–Kier alpha value is -3.21. The van der Waals surface area contributed by atoms with Gasteiger partial charge in [0, 0.05) is 11.9 Å². The number of aromatic nitrogens is 2. The fourth-order valence-corrected chi connectivity index (χ4v) is 3.00. The lowest BCUT2D eigenvalue weighted by atomic mass is 10.0. The zero-order valence-electron chi connectivity index (χ0n) is 15.6. The molecule has 0 radical (unpaired) electrons. The molecule has 2 amide bonds. The Morgan fingerprint density at radius 1 is 1.11 bits per heavy atom. The van der Waals surface area contributed by atoms with Crippen molar-refractivity contribution in [2.24, 2.45) is 17.4 Å². The van der Waals surface area contributed by atoms with Gasteiger partial charge >= 0.3 is 0 Å². The molecule has 11 heteroatoms. The minimum atomic E-state index is -3.33. The van der Waals surface area contributed by atoms with Crippen LogP contribution in [0, 0.1) is 5.92 Å². The average Bonchev–Trinajstić information content (AvgIpc) is 2.58. The van der Waals surface area contributed by atoms with Gasteiger partial charge in [-0.2, -0.15) is 0 Å². The molecule has 0 fully saturated rings. The van der Waals surface area contributed by atoms with Crippen LogP contribution in [0.2, 0.25) is 0 Å². The highest BCUT2D eigenvalue weighted by atomic mass is 32.2. The van der Waals surface area contributed by atoms with E-state index in [-0.39, 0.29) is 28.1 Å². The molecule has 0 bridgehead atoms. The fraction of sp³-hybridized carbons (Fsp3) is 0.294. The first-order valence-electron chi connectivity index (χ1n) is 8.29. The molecule has 10 nitrogen and oxygen atoms in total. The van der Waals surface area contributed by atoms with E-state index in [2.05, 4.69) is 20.6 Å². The summed E-state index contributed by atoms with van der Waals surface area (Å²) in [6, 6.07) is 5.18. The number of anilines is 3. The number of hydrogen-bond donors (Lipinski definition) is 4. The molecule has 6 N–H and O–H groups in total. The summed E-state index contributed by atoms with van der Waals surface area (Å²) in [5.41, 5.74) is 11.1. The predicted molar refractivity (Wildman–Crippen MR) is 105 cm³/mol. The van der Waals surface area contributed by atoms with Gasteiger partial charge in [0.15, 0.2) is 21.3 Å². The Kier molecular flexibility index (Phi) is 6.19. The summed E-state index contributed by atoms with van der Waals surface area (Å²) in [5, 5.41) is 5.76. The lowest BCUT2D eigenvalue weighted by molar-refractivity contribution is -0.119. The van der Waals surface area contributed by atoms with Crippen LogP contribution in [0.3, 0.4) is 0 Å². The molecular weight excluding hydrogens is 384 g/mol. The van der Waals surface area contributed by atoms with Gasteiger partial charge in [0.05, 0.1) is 11.1 Å². The molecule has 2 rings (SSSR count). The van der Waals surface area contributed by atoms with Gasteiger partial charge in [0.1, 0.15) is 11.9 Å². The molecule has 1 aromatic heterocycles. The van der Waals surface area contributed by atoms with E-state index < -0.39 is 27.7 Å². The smallest absolute Gasteiger partial charge is 0.271 e. The molecule has 0 spiro atoms. The second-order valence-electron chi connectivity index (χ2n) is 6.51. The first-order chi connectivity index (χ1) is 13.0. The van der Waals surface area contributed by atoms with Crippen molar-refractivity contribution >= 4 is 39.0 Å². The van der Waals surface area contributed by atoms with Crippen LogP contribution in [0.25, 0.3) is 0 Å². The van der Waals surface area contributed by atoms with Gasteiger partial charge in [-0.3, -0.25) is 9.59 Å². The van der Waals surface area contributed by atoms with Crippen LogP contribution in [0.5, 0.6) is 0 Å². The number of sulfone groups is 1. The summed E-state index contributed by atoms with van der Waals surface area (Å²) in [7, 11) is -3.33. The Labute approximate surface area is 162 Å². The number of hydrogen-bond acceptors (Lipinski definition) is 8. The van der Waals surface area contributed by atoms with Gasteiger partial charge < -0.3 is 22.1 Å². The molecule has 1 heterocycles. The fourth-order valence-electron chi connectivity index (χ4n) is 2.37. The van der Waals surface area contributed by atoms with Crippen molar-refractivity contribution in [1.29, 1.82) is 0 Å². The lowest BCUT2D eigenvalue weighted by Crippen LogP contribution is -2.39. The third-order valence-corrected chi connectivity index (χ3v) is 4.96. The van der Waals surface area contributed by atoms with Crippen molar-refractivity contribution in [1.82, 2.24) is 9.97 Å². The first kappa shape index (κ1) is 21.1. The number of nitrogens with zero attached hydrogens (tertiary/aromatic N) is 2.